The molecule has 94 valence electrons. The molecule has 1 aromatic rings. The lowest BCUT2D eigenvalue weighted by atomic mass is 9.97. The van der Waals surface area contributed by atoms with Gasteiger partial charge in [0.1, 0.15) is 6.10 Å². The smallest absolute Gasteiger partial charge is 0.272 e. The van der Waals surface area contributed by atoms with E-state index in [9.17, 15) is 20.3 Å². The fourth-order valence-electron chi connectivity index (χ4n) is 1.64. The van der Waals surface area contributed by atoms with Crippen LogP contribution in [0.4, 0.5) is 5.69 Å². The van der Waals surface area contributed by atoms with Crippen LogP contribution in [0.5, 0.6) is 0 Å². The zero-order chi connectivity index (χ0) is 13.0. The molecule has 0 aromatic heterocycles. The lowest BCUT2D eigenvalue weighted by molar-refractivity contribution is -0.385. The Hall–Kier alpha value is -1.17. The zero-order valence-electron chi connectivity index (χ0n) is 9.34. The minimum Gasteiger partial charge on any atom is -0.390 e. The van der Waals surface area contributed by atoms with E-state index in [0.29, 0.717) is 11.1 Å². The van der Waals surface area contributed by atoms with Gasteiger partial charge in [-0.1, -0.05) is 12.1 Å². The van der Waals surface area contributed by atoms with Crippen molar-refractivity contribution >= 4 is 17.3 Å². The third-order valence-corrected chi connectivity index (χ3v) is 2.85. The van der Waals surface area contributed by atoms with Crippen LogP contribution in [-0.2, 0) is 0 Å². The van der Waals surface area contributed by atoms with Crippen LogP contribution in [0.1, 0.15) is 23.7 Å². The van der Waals surface area contributed by atoms with E-state index >= 15 is 0 Å². The van der Waals surface area contributed by atoms with E-state index in [2.05, 4.69) is 0 Å². The van der Waals surface area contributed by atoms with Crippen LogP contribution >= 0.6 is 11.6 Å². The Bertz CT molecular complexity index is 410. The molecule has 1 aromatic carbocycles. The molecule has 0 heterocycles. The van der Waals surface area contributed by atoms with Crippen LogP contribution in [0.3, 0.4) is 0 Å². The molecule has 6 heteroatoms. The lowest BCUT2D eigenvalue weighted by Crippen LogP contribution is -2.19. The van der Waals surface area contributed by atoms with Gasteiger partial charge in [-0.25, -0.2) is 0 Å². The molecular weight excluding hydrogens is 246 g/mol. The van der Waals surface area contributed by atoms with Crippen molar-refractivity contribution < 1.29 is 15.1 Å². The molecule has 5 nitrogen and oxygen atoms in total. The quantitative estimate of drug-likeness (QED) is 0.481. The minimum atomic E-state index is -1.16. The summed E-state index contributed by atoms with van der Waals surface area (Å²) in [5.41, 5.74) is 0.648. The molecule has 0 amide bonds. The Balaban J connectivity index is 3.06. The molecule has 0 bridgehead atoms. The third-order valence-electron chi connectivity index (χ3n) is 2.63. The van der Waals surface area contributed by atoms with Crippen LogP contribution in [0.25, 0.3) is 0 Å². The average molecular weight is 260 g/mol. The van der Waals surface area contributed by atoms with Gasteiger partial charge in [-0.3, -0.25) is 10.1 Å². The number of hydrogen-bond acceptors (Lipinski definition) is 4. The molecule has 0 fully saturated rings. The second-order valence-corrected chi connectivity index (χ2v) is 4.12. The minimum absolute atomic E-state index is 0.0698. The summed E-state index contributed by atoms with van der Waals surface area (Å²) in [6.07, 6.45) is -1.95. The fraction of sp³-hybridized carbons (Fsp3) is 0.455. The molecule has 0 spiro atoms. The number of aliphatic hydroxyl groups excluding tert-OH is 2. The van der Waals surface area contributed by atoms with Crippen molar-refractivity contribution in [3.05, 3.63) is 39.4 Å². The summed E-state index contributed by atoms with van der Waals surface area (Å²) in [4.78, 5) is 10.2. The summed E-state index contributed by atoms with van der Waals surface area (Å²) in [6.45, 7) is 1.55. The maximum absolute atomic E-state index is 10.7. The molecule has 0 aliphatic rings. The molecule has 0 radical (unpaired) electrons. The van der Waals surface area contributed by atoms with Crippen molar-refractivity contribution in [1.82, 2.24) is 0 Å². The molecule has 0 aliphatic heterocycles. The van der Waals surface area contributed by atoms with E-state index in [4.69, 9.17) is 11.6 Å². The van der Waals surface area contributed by atoms with Crippen LogP contribution in [0.2, 0.25) is 0 Å². The van der Waals surface area contributed by atoms with E-state index in [-0.39, 0.29) is 18.0 Å². The molecule has 0 saturated carbocycles. The van der Waals surface area contributed by atoms with Crippen molar-refractivity contribution in [3.63, 3.8) is 0 Å². The maximum Gasteiger partial charge on any atom is 0.272 e. The predicted octanol–water partition coefficient (Wildman–Crippen LogP) is 1.93. The first-order chi connectivity index (χ1) is 7.99. The predicted molar refractivity (Wildman–Crippen MR) is 64.1 cm³/mol. The summed E-state index contributed by atoms with van der Waals surface area (Å²) < 4.78 is 0. The van der Waals surface area contributed by atoms with Gasteiger partial charge >= 0.3 is 0 Å². The van der Waals surface area contributed by atoms with Crippen LogP contribution < -0.4 is 0 Å². The number of benzene rings is 1. The SMILES string of the molecule is Cc1c(C(O)C(O)CCCl)cccc1[N+](=O)[O-]. The van der Waals surface area contributed by atoms with Gasteiger partial charge in [-0.2, -0.15) is 0 Å². The molecule has 2 unspecified atom stereocenters. The normalized spacial score (nSPS) is 14.4. The van der Waals surface area contributed by atoms with Crippen LogP contribution in [-0.4, -0.2) is 27.1 Å². The summed E-state index contributed by atoms with van der Waals surface area (Å²) in [7, 11) is 0. The molecule has 17 heavy (non-hydrogen) atoms. The standard InChI is InChI=1S/C11H14ClNO4/c1-7-8(11(15)10(14)5-6-12)3-2-4-9(7)13(16)17/h2-4,10-11,14-15H,5-6H2,1H3. The summed E-state index contributed by atoms with van der Waals surface area (Å²) in [5.74, 6) is 0.214. The molecule has 2 atom stereocenters. The van der Waals surface area contributed by atoms with Gasteiger partial charge in [0.25, 0.3) is 5.69 Å². The Morgan fingerprint density at radius 1 is 1.47 bits per heavy atom. The third kappa shape index (κ3) is 3.15. The van der Waals surface area contributed by atoms with E-state index in [1.165, 1.54) is 12.1 Å². The van der Waals surface area contributed by atoms with Crippen LogP contribution in [0, 0.1) is 17.0 Å². The summed E-state index contributed by atoms with van der Waals surface area (Å²) in [5, 5.41) is 30.2. The van der Waals surface area contributed by atoms with Crippen molar-refractivity contribution in [2.45, 2.75) is 25.6 Å². The monoisotopic (exact) mass is 259 g/mol. The number of nitrogens with zero attached hydrogens (tertiary/aromatic N) is 1. The van der Waals surface area contributed by atoms with Crippen molar-refractivity contribution in [2.75, 3.05) is 5.88 Å². The second-order valence-electron chi connectivity index (χ2n) is 3.74. The van der Waals surface area contributed by atoms with Gasteiger partial charge in [-0.15, -0.1) is 11.6 Å². The van der Waals surface area contributed by atoms with Gasteiger partial charge in [0.15, 0.2) is 0 Å². The topological polar surface area (TPSA) is 83.6 Å². The Kier molecular flexibility index (Phi) is 4.86. The number of aliphatic hydroxyl groups is 2. The molecule has 1 rings (SSSR count). The highest BCUT2D eigenvalue weighted by Crippen LogP contribution is 2.28. The van der Waals surface area contributed by atoms with Crippen LogP contribution in [0.15, 0.2) is 18.2 Å². The number of nitro benzene ring substituents is 1. The van der Waals surface area contributed by atoms with Gasteiger partial charge in [0.05, 0.1) is 11.0 Å². The first-order valence-corrected chi connectivity index (χ1v) is 5.68. The number of rotatable bonds is 5. The van der Waals surface area contributed by atoms with Gasteiger partial charge in [0, 0.05) is 17.5 Å². The van der Waals surface area contributed by atoms with Crippen molar-refractivity contribution in [3.8, 4) is 0 Å². The number of nitro groups is 1. The van der Waals surface area contributed by atoms with E-state index in [1.807, 2.05) is 0 Å². The number of alkyl halides is 1. The first-order valence-electron chi connectivity index (χ1n) is 5.15. The zero-order valence-corrected chi connectivity index (χ0v) is 10.1. The fourth-order valence-corrected chi connectivity index (χ4v) is 1.86. The summed E-state index contributed by atoms with van der Waals surface area (Å²) >= 11 is 5.47. The summed E-state index contributed by atoms with van der Waals surface area (Å²) in [6, 6.07) is 4.40. The molecular formula is C11H14ClNO4. The molecule has 0 saturated heterocycles. The van der Waals surface area contributed by atoms with E-state index in [0.717, 1.165) is 0 Å². The van der Waals surface area contributed by atoms with Crippen molar-refractivity contribution in [1.29, 1.82) is 0 Å². The number of hydrogen-bond donors (Lipinski definition) is 2. The van der Waals surface area contributed by atoms with E-state index in [1.54, 1.807) is 13.0 Å². The number of halogens is 1. The largest absolute Gasteiger partial charge is 0.390 e. The Labute approximate surface area is 104 Å². The first kappa shape index (κ1) is 13.9. The lowest BCUT2D eigenvalue weighted by Gasteiger charge is -2.18. The average Bonchev–Trinajstić information content (AvgIpc) is 2.28. The van der Waals surface area contributed by atoms with Gasteiger partial charge < -0.3 is 10.2 Å². The van der Waals surface area contributed by atoms with Crippen molar-refractivity contribution in [2.24, 2.45) is 0 Å². The van der Waals surface area contributed by atoms with Gasteiger partial charge in [0.2, 0.25) is 0 Å². The molecule has 0 aliphatic carbocycles. The highest BCUT2D eigenvalue weighted by Gasteiger charge is 2.23. The van der Waals surface area contributed by atoms with Gasteiger partial charge in [-0.05, 0) is 18.9 Å². The Morgan fingerprint density at radius 3 is 2.65 bits per heavy atom. The maximum atomic E-state index is 10.7. The highest BCUT2D eigenvalue weighted by atomic mass is 35.5. The van der Waals surface area contributed by atoms with E-state index < -0.39 is 17.1 Å². The molecule has 2 N–H and O–H groups in total. The second kappa shape index (κ2) is 5.95. The Morgan fingerprint density at radius 2 is 2.12 bits per heavy atom. The highest BCUT2D eigenvalue weighted by molar-refractivity contribution is 6.17.